The van der Waals surface area contributed by atoms with E-state index in [2.05, 4.69) is 24.1 Å². The van der Waals surface area contributed by atoms with Crippen LogP contribution in [0.4, 0.5) is 0 Å². The van der Waals surface area contributed by atoms with Crippen molar-refractivity contribution in [1.29, 1.82) is 0 Å². The Hall–Kier alpha value is -0.610. The fourth-order valence-corrected chi connectivity index (χ4v) is 1.68. The number of rotatable bonds is 6. The molecule has 3 N–H and O–H groups in total. The molecule has 0 radical (unpaired) electrons. The minimum Gasteiger partial charge on any atom is -0.370 e. The van der Waals surface area contributed by atoms with Crippen molar-refractivity contribution in [3.05, 3.63) is 0 Å². The molecule has 1 aliphatic rings. The van der Waals surface area contributed by atoms with Gasteiger partial charge in [-0.2, -0.15) is 0 Å². The van der Waals surface area contributed by atoms with E-state index in [0.717, 1.165) is 12.5 Å². The lowest BCUT2D eigenvalue weighted by Gasteiger charge is -2.42. The molecule has 0 aliphatic carbocycles. The Morgan fingerprint density at radius 1 is 1.57 bits per heavy atom. The van der Waals surface area contributed by atoms with E-state index in [1.54, 1.807) is 0 Å². The SMILES string of the molecule is CC(C)N1CC(CNCCC(N)=O)C1. The van der Waals surface area contributed by atoms with Crippen LogP contribution in [-0.2, 0) is 4.79 Å². The highest BCUT2D eigenvalue weighted by molar-refractivity contribution is 5.73. The lowest BCUT2D eigenvalue weighted by Crippen LogP contribution is -2.53. The van der Waals surface area contributed by atoms with E-state index in [4.69, 9.17) is 5.73 Å². The average molecular weight is 199 g/mol. The lowest BCUT2D eigenvalue weighted by atomic mass is 9.98. The molecule has 0 saturated carbocycles. The van der Waals surface area contributed by atoms with Gasteiger partial charge < -0.3 is 16.0 Å². The zero-order chi connectivity index (χ0) is 10.6. The number of nitrogens with one attached hydrogen (secondary N) is 1. The number of hydrogen-bond donors (Lipinski definition) is 2. The van der Waals surface area contributed by atoms with Gasteiger partial charge in [-0.05, 0) is 19.8 Å². The number of nitrogens with two attached hydrogens (primary N) is 1. The Balaban J connectivity index is 1.93. The van der Waals surface area contributed by atoms with Gasteiger partial charge in [0.25, 0.3) is 0 Å². The second-order valence-corrected chi connectivity index (χ2v) is 4.33. The highest BCUT2D eigenvalue weighted by Gasteiger charge is 2.27. The first-order chi connectivity index (χ1) is 6.59. The van der Waals surface area contributed by atoms with Crippen LogP contribution in [0, 0.1) is 5.92 Å². The van der Waals surface area contributed by atoms with E-state index in [0.29, 0.717) is 19.0 Å². The summed E-state index contributed by atoms with van der Waals surface area (Å²) in [6.45, 7) is 8.53. The van der Waals surface area contributed by atoms with E-state index in [1.165, 1.54) is 13.1 Å². The summed E-state index contributed by atoms with van der Waals surface area (Å²) < 4.78 is 0. The Kier molecular flexibility index (Phi) is 4.35. The number of carbonyl (C=O) groups excluding carboxylic acids is 1. The van der Waals surface area contributed by atoms with Gasteiger partial charge in [-0.3, -0.25) is 4.79 Å². The molecule has 0 atom stereocenters. The van der Waals surface area contributed by atoms with Crippen molar-refractivity contribution in [1.82, 2.24) is 10.2 Å². The fourth-order valence-electron chi connectivity index (χ4n) is 1.68. The molecule has 14 heavy (non-hydrogen) atoms. The largest absolute Gasteiger partial charge is 0.370 e. The Morgan fingerprint density at radius 2 is 2.21 bits per heavy atom. The molecule has 0 aromatic carbocycles. The van der Waals surface area contributed by atoms with E-state index in [9.17, 15) is 4.79 Å². The summed E-state index contributed by atoms with van der Waals surface area (Å²) in [4.78, 5) is 12.9. The standard InChI is InChI=1S/C10H21N3O/c1-8(2)13-6-9(7-13)5-12-4-3-10(11)14/h8-9,12H,3-7H2,1-2H3,(H2,11,14). The van der Waals surface area contributed by atoms with Gasteiger partial charge in [-0.1, -0.05) is 0 Å². The lowest BCUT2D eigenvalue weighted by molar-refractivity contribution is -0.117. The van der Waals surface area contributed by atoms with Crippen LogP contribution < -0.4 is 11.1 Å². The van der Waals surface area contributed by atoms with E-state index in [-0.39, 0.29) is 5.91 Å². The van der Waals surface area contributed by atoms with Gasteiger partial charge in [0.05, 0.1) is 0 Å². The van der Waals surface area contributed by atoms with Gasteiger partial charge >= 0.3 is 0 Å². The second kappa shape index (κ2) is 5.32. The summed E-state index contributed by atoms with van der Waals surface area (Å²) in [7, 11) is 0. The number of carbonyl (C=O) groups is 1. The average Bonchev–Trinajstić information content (AvgIpc) is 1.98. The summed E-state index contributed by atoms with van der Waals surface area (Å²) in [5.41, 5.74) is 5.03. The molecule has 0 aromatic heterocycles. The van der Waals surface area contributed by atoms with E-state index in [1.807, 2.05) is 0 Å². The second-order valence-electron chi connectivity index (χ2n) is 4.33. The Morgan fingerprint density at radius 3 is 2.71 bits per heavy atom. The van der Waals surface area contributed by atoms with E-state index >= 15 is 0 Å². The maximum absolute atomic E-state index is 10.4. The molecular formula is C10H21N3O. The maximum atomic E-state index is 10.4. The van der Waals surface area contributed by atoms with Crippen molar-refractivity contribution in [2.75, 3.05) is 26.2 Å². The van der Waals surface area contributed by atoms with Crippen molar-refractivity contribution in [3.8, 4) is 0 Å². The third kappa shape index (κ3) is 3.64. The summed E-state index contributed by atoms with van der Waals surface area (Å²) >= 11 is 0. The molecule has 0 bridgehead atoms. The smallest absolute Gasteiger partial charge is 0.218 e. The fraction of sp³-hybridized carbons (Fsp3) is 0.900. The predicted octanol–water partition coefficient (Wildman–Crippen LogP) is -0.208. The Bertz CT molecular complexity index is 188. The van der Waals surface area contributed by atoms with Gasteiger partial charge in [0.2, 0.25) is 5.91 Å². The summed E-state index contributed by atoms with van der Waals surface area (Å²) in [6, 6.07) is 0.664. The van der Waals surface area contributed by atoms with E-state index < -0.39 is 0 Å². The Labute approximate surface area is 85.8 Å². The zero-order valence-electron chi connectivity index (χ0n) is 9.12. The molecule has 1 aliphatic heterocycles. The molecule has 4 nitrogen and oxygen atoms in total. The molecular weight excluding hydrogens is 178 g/mol. The van der Waals surface area contributed by atoms with Crippen LogP contribution in [0.1, 0.15) is 20.3 Å². The van der Waals surface area contributed by atoms with Crippen molar-refractivity contribution in [2.24, 2.45) is 11.7 Å². The summed E-state index contributed by atoms with van der Waals surface area (Å²) in [5, 5.41) is 3.25. The number of likely N-dealkylation sites (tertiary alicyclic amines) is 1. The molecule has 1 saturated heterocycles. The van der Waals surface area contributed by atoms with Crippen LogP contribution in [0.25, 0.3) is 0 Å². The van der Waals surface area contributed by atoms with Crippen LogP contribution in [-0.4, -0.2) is 43.0 Å². The van der Waals surface area contributed by atoms with Gasteiger partial charge in [0.15, 0.2) is 0 Å². The molecule has 0 aromatic rings. The number of amides is 1. The first kappa shape index (κ1) is 11.5. The molecule has 1 amide bonds. The molecule has 1 fully saturated rings. The third-order valence-corrected chi connectivity index (χ3v) is 2.70. The van der Waals surface area contributed by atoms with Crippen LogP contribution in [0.3, 0.4) is 0 Å². The minimum absolute atomic E-state index is 0.227. The first-order valence-corrected chi connectivity index (χ1v) is 5.32. The molecule has 4 heteroatoms. The monoisotopic (exact) mass is 199 g/mol. The third-order valence-electron chi connectivity index (χ3n) is 2.70. The number of hydrogen-bond acceptors (Lipinski definition) is 3. The summed E-state index contributed by atoms with van der Waals surface area (Å²) in [5.74, 6) is 0.528. The number of primary amides is 1. The zero-order valence-corrected chi connectivity index (χ0v) is 9.12. The topological polar surface area (TPSA) is 58.4 Å². The highest BCUT2D eigenvalue weighted by Crippen LogP contribution is 2.16. The molecule has 82 valence electrons. The molecule has 0 spiro atoms. The molecule has 1 rings (SSSR count). The van der Waals surface area contributed by atoms with Gasteiger partial charge in [0.1, 0.15) is 0 Å². The normalized spacial score (nSPS) is 18.5. The highest BCUT2D eigenvalue weighted by atomic mass is 16.1. The first-order valence-electron chi connectivity index (χ1n) is 5.32. The quantitative estimate of drug-likeness (QED) is 0.582. The van der Waals surface area contributed by atoms with Crippen LogP contribution in [0.15, 0.2) is 0 Å². The number of nitrogens with zero attached hydrogens (tertiary/aromatic N) is 1. The van der Waals surface area contributed by atoms with Crippen molar-refractivity contribution in [3.63, 3.8) is 0 Å². The van der Waals surface area contributed by atoms with Crippen LogP contribution in [0.2, 0.25) is 0 Å². The molecule has 0 unspecified atom stereocenters. The van der Waals surface area contributed by atoms with Gasteiger partial charge in [-0.15, -0.1) is 0 Å². The van der Waals surface area contributed by atoms with Gasteiger partial charge in [0, 0.05) is 38.6 Å². The van der Waals surface area contributed by atoms with Crippen LogP contribution >= 0.6 is 0 Å². The predicted molar refractivity (Wildman–Crippen MR) is 56.9 cm³/mol. The van der Waals surface area contributed by atoms with Crippen molar-refractivity contribution >= 4 is 5.91 Å². The molecule has 1 heterocycles. The minimum atomic E-state index is -0.227. The van der Waals surface area contributed by atoms with Crippen molar-refractivity contribution < 1.29 is 4.79 Å². The summed E-state index contributed by atoms with van der Waals surface area (Å²) in [6.07, 6.45) is 0.445. The van der Waals surface area contributed by atoms with Gasteiger partial charge in [-0.25, -0.2) is 0 Å². The maximum Gasteiger partial charge on any atom is 0.218 e. The van der Waals surface area contributed by atoms with Crippen LogP contribution in [0.5, 0.6) is 0 Å². The van der Waals surface area contributed by atoms with Crippen molar-refractivity contribution in [2.45, 2.75) is 26.3 Å².